The molecular formula is C26H33N. The molecule has 0 spiro atoms. The van der Waals surface area contributed by atoms with Crippen molar-refractivity contribution in [3.8, 4) is 0 Å². The minimum Gasteiger partial charge on any atom is -0.344 e. The molecule has 27 heavy (non-hydrogen) atoms. The molecule has 2 heterocycles. The lowest BCUT2D eigenvalue weighted by Gasteiger charge is -2.19. The summed E-state index contributed by atoms with van der Waals surface area (Å²) in [5.74, 6) is 1.10. The number of fused-ring (bicyclic) bond motifs is 1. The number of allylic oxidation sites excluding steroid dienone is 2. The SMILES string of the molecule is C=C(CCC)CC(C)CC(=C)C1CCn2c(C(=C)c3ccccc3)ccc21. The molecule has 0 bridgehead atoms. The van der Waals surface area contributed by atoms with Crippen LogP contribution in [-0.2, 0) is 6.54 Å². The Morgan fingerprint density at radius 3 is 2.52 bits per heavy atom. The second-order valence-electron chi connectivity index (χ2n) is 8.15. The topological polar surface area (TPSA) is 4.93 Å². The van der Waals surface area contributed by atoms with Crippen molar-refractivity contribution in [2.24, 2.45) is 5.92 Å². The number of benzene rings is 1. The van der Waals surface area contributed by atoms with Crippen molar-refractivity contribution < 1.29 is 0 Å². The number of aromatic nitrogens is 1. The molecule has 2 atom stereocenters. The van der Waals surface area contributed by atoms with E-state index in [-0.39, 0.29) is 0 Å². The lowest BCUT2D eigenvalue weighted by Crippen LogP contribution is -2.04. The van der Waals surface area contributed by atoms with Crippen molar-refractivity contribution in [2.75, 3.05) is 0 Å². The van der Waals surface area contributed by atoms with Crippen molar-refractivity contribution >= 4 is 5.57 Å². The Bertz CT molecular complexity index is 821. The van der Waals surface area contributed by atoms with Crippen molar-refractivity contribution in [1.82, 2.24) is 4.57 Å². The molecule has 0 N–H and O–H groups in total. The van der Waals surface area contributed by atoms with Gasteiger partial charge < -0.3 is 4.57 Å². The average molecular weight is 360 g/mol. The first kappa shape index (κ1) is 19.5. The molecular weight excluding hydrogens is 326 g/mol. The van der Waals surface area contributed by atoms with Gasteiger partial charge in [0.15, 0.2) is 0 Å². The van der Waals surface area contributed by atoms with Gasteiger partial charge in [0.2, 0.25) is 0 Å². The van der Waals surface area contributed by atoms with Gasteiger partial charge in [-0.2, -0.15) is 0 Å². The Balaban J connectivity index is 1.69. The number of rotatable bonds is 9. The molecule has 1 aliphatic heterocycles. The Morgan fingerprint density at radius 2 is 1.81 bits per heavy atom. The first-order valence-corrected chi connectivity index (χ1v) is 10.3. The van der Waals surface area contributed by atoms with Crippen LogP contribution in [0.25, 0.3) is 5.57 Å². The summed E-state index contributed by atoms with van der Waals surface area (Å²) >= 11 is 0. The molecule has 1 aliphatic rings. The van der Waals surface area contributed by atoms with Gasteiger partial charge in [-0.25, -0.2) is 0 Å². The van der Waals surface area contributed by atoms with E-state index in [1.54, 1.807) is 0 Å². The summed E-state index contributed by atoms with van der Waals surface area (Å²) in [5.41, 5.74) is 7.72. The van der Waals surface area contributed by atoms with Gasteiger partial charge in [0.05, 0.1) is 0 Å². The summed E-state index contributed by atoms with van der Waals surface area (Å²) in [6, 6.07) is 15.0. The van der Waals surface area contributed by atoms with E-state index in [2.05, 4.69) is 80.6 Å². The zero-order valence-electron chi connectivity index (χ0n) is 17.0. The largest absolute Gasteiger partial charge is 0.344 e. The van der Waals surface area contributed by atoms with Gasteiger partial charge in [-0.1, -0.05) is 81.5 Å². The Kier molecular flexibility index (Phi) is 6.21. The molecule has 2 aromatic rings. The Labute approximate surface area is 165 Å². The number of hydrogen-bond acceptors (Lipinski definition) is 0. The first-order chi connectivity index (χ1) is 13.0. The summed E-state index contributed by atoms with van der Waals surface area (Å²) in [7, 11) is 0. The predicted octanol–water partition coefficient (Wildman–Crippen LogP) is 7.37. The standard InChI is InChI=1S/C26H33N/c1-6-10-19(2)17-20(3)18-21(4)24-15-16-27-25(13-14-26(24)27)22(5)23-11-8-7-9-12-23/h7-9,11-14,20,24H,2,4-6,10,15-18H2,1,3H3. The van der Waals surface area contributed by atoms with Crippen LogP contribution in [0.5, 0.6) is 0 Å². The molecule has 3 rings (SSSR count). The molecule has 1 nitrogen and oxygen atoms in total. The fraction of sp³-hybridized carbons (Fsp3) is 0.385. The minimum absolute atomic E-state index is 0.476. The third-order valence-corrected chi connectivity index (χ3v) is 5.79. The molecule has 1 aromatic carbocycles. The number of nitrogens with zero attached hydrogens (tertiary/aromatic N) is 1. The van der Waals surface area contributed by atoms with E-state index in [0.717, 1.165) is 37.8 Å². The predicted molar refractivity (Wildman–Crippen MR) is 118 cm³/mol. The molecule has 0 radical (unpaired) electrons. The second-order valence-corrected chi connectivity index (χ2v) is 8.15. The van der Waals surface area contributed by atoms with Crippen molar-refractivity contribution in [1.29, 1.82) is 0 Å². The van der Waals surface area contributed by atoms with E-state index in [4.69, 9.17) is 0 Å². The monoisotopic (exact) mass is 359 g/mol. The summed E-state index contributed by atoms with van der Waals surface area (Å²) < 4.78 is 2.45. The second kappa shape index (κ2) is 8.61. The number of hydrogen-bond donors (Lipinski definition) is 0. The molecule has 142 valence electrons. The van der Waals surface area contributed by atoms with E-state index in [1.807, 2.05) is 0 Å². The quantitative estimate of drug-likeness (QED) is 0.412. The van der Waals surface area contributed by atoms with E-state index >= 15 is 0 Å². The van der Waals surface area contributed by atoms with Crippen LogP contribution in [-0.4, -0.2) is 4.57 Å². The summed E-state index contributed by atoms with van der Waals surface area (Å²) in [6.45, 7) is 18.7. The van der Waals surface area contributed by atoms with Gasteiger partial charge in [-0.15, -0.1) is 0 Å². The highest BCUT2D eigenvalue weighted by atomic mass is 15.0. The van der Waals surface area contributed by atoms with Crippen LogP contribution in [0, 0.1) is 5.92 Å². The van der Waals surface area contributed by atoms with Crippen LogP contribution in [0.4, 0.5) is 0 Å². The van der Waals surface area contributed by atoms with Gasteiger partial charge >= 0.3 is 0 Å². The van der Waals surface area contributed by atoms with Gasteiger partial charge in [-0.3, -0.25) is 0 Å². The van der Waals surface area contributed by atoms with Crippen LogP contribution < -0.4 is 0 Å². The third kappa shape index (κ3) is 4.35. The fourth-order valence-corrected chi connectivity index (χ4v) is 4.52. The Hall–Kier alpha value is -2.28. The smallest absolute Gasteiger partial charge is 0.0482 e. The van der Waals surface area contributed by atoms with Crippen LogP contribution in [0.15, 0.2) is 73.3 Å². The fourth-order valence-electron chi connectivity index (χ4n) is 4.52. The zero-order valence-corrected chi connectivity index (χ0v) is 17.0. The molecule has 0 amide bonds. The van der Waals surface area contributed by atoms with E-state index < -0.39 is 0 Å². The molecule has 0 aliphatic carbocycles. The molecule has 0 saturated heterocycles. The summed E-state index contributed by atoms with van der Waals surface area (Å²) in [6.07, 6.45) is 5.71. The first-order valence-electron chi connectivity index (χ1n) is 10.3. The van der Waals surface area contributed by atoms with Gasteiger partial charge in [-0.05, 0) is 54.9 Å². The van der Waals surface area contributed by atoms with E-state index in [1.165, 1.54) is 34.5 Å². The summed E-state index contributed by atoms with van der Waals surface area (Å²) in [5, 5.41) is 0. The molecule has 0 fully saturated rings. The lowest BCUT2D eigenvalue weighted by molar-refractivity contribution is 0.537. The molecule has 0 saturated carbocycles. The van der Waals surface area contributed by atoms with E-state index in [9.17, 15) is 0 Å². The van der Waals surface area contributed by atoms with Crippen LogP contribution >= 0.6 is 0 Å². The van der Waals surface area contributed by atoms with Gasteiger partial charge in [0.25, 0.3) is 0 Å². The molecule has 2 unspecified atom stereocenters. The highest BCUT2D eigenvalue weighted by Crippen LogP contribution is 2.40. The van der Waals surface area contributed by atoms with Gasteiger partial charge in [0.1, 0.15) is 0 Å². The van der Waals surface area contributed by atoms with Crippen molar-refractivity contribution in [2.45, 2.75) is 58.4 Å². The van der Waals surface area contributed by atoms with Crippen LogP contribution in [0.2, 0.25) is 0 Å². The maximum Gasteiger partial charge on any atom is 0.0482 e. The maximum absolute atomic E-state index is 4.48. The normalized spacial score (nSPS) is 16.7. The average Bonchev–Trinajstić information content (AvgIpc) is 3.23. The summed E-state index contributed by atoms with van der Waals surface area (Å²) in [4.78, 5) is 0. The lowest BCUT2D eigenvalue weighted by atomic mass is 9.86. The van der Waals surface area contributed by atoms with Crippen molar-refractivity contribution in [3.05, 3.63) is 90.3 Å². The van der Waals surface area contributed by atoms with Crippen LogP contribution in [0.1, 0.15) is 68.8 Å². The Morgan fingerprint density at radius 1 is 1.07 bits per heavy atom. The van der Waals surface area contributed by atoms with Gasteiger partial charge in [0, 0.05) is 23.9 Å². The van der Waals surface area contributed by atoms with Crippen molar-refractivity contribution in [3.63, 3.8) is 0 Å². The molecule has 1 heteroatoms. The zero-order chi connectivity index (χ0) is 19.4. The maximum atomic E-state index is 4.48. The third-order valence-electron chi connectivity index (χ3n) is 5.79. The minimum atomic E-state index is 0.476. The highest BCUT2D eigenvalue weighted by molar-refractivity contribution is 5.77. The van der Waals surface area contributed by atoms with Crippen LogP contribution in [0.3, 0.4) is 0 Å². The molecule has 1 aromatic heterocycles. The van der Waals surface area contributed by atoms with E-state index in [0.29, 0.717) is 11.8 Å². The highest BCUT2D eigenvalue weighted by Gasteiger charge is 2.28.